The Bertz CT molecular complexity index is 1680. The molecule has 1 saturated heterocycles. The van der Waals surface area contributed by atoms with Crippen molar-refractivity contribution in [3.63, 3.8) is 0 Å². The molecule has 11 heteroatoms. The summed E-state index contributed by atoms with van der Waals surface area (Å²) in [5, 5.41) is 13.7. The van der Waals surface area contributed by atoms with E-state index in [0.717, 1.165) is 23.0 Å². The monoisotopic (exact) mass is 621 g/mol. The van der Waals surface area contributed by atoms with Crippen LogP contribution in [0.2, 0.25) is 0 Å². The highest BCUT2D eigenvalue weighted by molar-refractivity contribution is 6.03. The second kappa shape index (κ2) is 12.5. The van der Waals surface area contributed by atoms with Crippen molar-refractivity contribution in [1.29, 1.82) is 0 Å². The van der Waals surface area contributed by atoms with Crippen LogP contribution in [0.15, 0.2) is 65.1 Å². The number of ketones is 1. The topological polar surface area (TPSA) is 101 Å². The Morgan fingerprint density at radius 2 is 1.67 bits per heavy atom. The third kappa shape index (κ3) is 7.30. The lowest BCUT2D eigenvalue weighted by atomic mass is 9.76. The van der Waals surface area contributed by atoms with Gasteiger partial charge in [0.1, 0.15) is 11.6 Å². The lowest BCUT2D eigenvalue weighted by molar-refractivity contribution is -0.153. The van der Waals surface area contributed by atoms with Gasteiger partial charge in [-0.3, -0.25) is 10.1 Å². The maximum atomic E-state index is 13.9. The Morgan fingerprint density at radius 3 is 2.31 bits per heavy atom. The van der Waals surface area contributed by atoms with Gasteiger partial charge in [0, 0.05) is 17.2 Å². The van der Waals surface area contributed by atoms with Crippen molar-refractivity contribution < 1.29 is 27.2 Å². The number of halogens is 3. The average Bonchev–Trinajstić information content (AvgIpc) is 3.58. The molecule has 2 amide bonds. The summed E-state index contributed by atoms with van der Waals surface area (Å²) >= 11 is 0. The zero-order valence-electron chi connectivity index (χ0n) is 26.0. The molecule has 1 fully saturated rings. The number of hydrogen-bond acceptors (Lipinski definition) is 5. The van der Waals surface area contributed by atoms with Gasteiger partial charge in [0.25, 0.3) is 0 Å². The van der Waals surface area contributed by atoms with Crippen LogP contribution in [0.4, 0.5) is 29.5 Å². The minimum Gasteiger partial charge on any atom is -0.456 e. The molecule has 2 aromatic heterocycles. The number of furan rings is 1. The molecule has 4 aromatic rings. The summed E-state index contributed by atoms with van der Waals surface area (Å²) in [6, 6.07) is 17.0. The van der Waals surface area contributed by atoms with Gasteiger partial charge < -0.3 is 15.1 Å². The first kappa shape index (κ1) is 32.0. The lowest BCUT2D eigenvalue weighted by Gasteiger charge is -2.30. The van der Waals surface area contributed by atoms with Crippen LogP contribution in [0.1, 0.15) is 78.2 Å². The van der Waals surface area contributed by atoms with Crippen molar-refractivity contribution in [3.8, 4) is 5.69 Å². The summed E-state index contributed by atoms with van der Waals surface area (Å²) < 4.78 is 48.1. The highest BCUT2D eigenvalue weighted by atomic mass is 19.4. The van der Waals surface area contributed by atoms with Crippen LogP contribution in [0.5, 0.6) is 0 Å². The van der Waals surface area contributed by atoms with Crippen LogP contribution in [0.25, 0.3) is 5.69 Å². The Hall–Kier alpha value is -4.38. The number of hydrogen-bond donors (Lipinski definition) is 3. The Morgan fingerprint density at radius 1 is 0.978 bits per heavy atom. The molecule has 0 aliphatic carbocycles. The van der Waals surface area contributed by atoms with Gasteiger partial charge in [-0.2, -0.15) is 18.3 Å². The van der Waals surface area contributed by atoms with Crippen LogP contribution < -0.4 is 16.0 Å². The van der Waals surface area contributed by atoms with Crippen LogP contribution >= 0.6 is 0 Å². The van der Waals surface area contributed by atoms with E-state index in [1.54, 1.807) is 28.9 Å². The van der Waals surface area contributed by atoms with Gasteiger partial charge in [0.2, 0.25) is 5.76 Å². The predicted molar refractivity (Wildman–Crippen MR) is 167 cm³/mol. The summed E-state index contributed by atoms with van der Waals surface area (Å²) in [4.78, 5) is 27.2. The number of urea groups is 1. The zero-order valence-corrected chi connectivity index (χ0v) is 26.0. The van der Waals surface area contributed by atoms with Gasteiger partial charge >= 0.3 is 12.2 Å². The number of alkyl halides is 3. The van der Waals surface area contributed by atoms with E-state index < -0.39 is 35.2 Å². The highest BCUT2D eigenvalue weighted by Gasteiger charge is 2.43. The van der Waals surface area contributed by atoms with E-state index in [2.05, 4.69) is 16.0 Å². The zero-order chi connectivity index (χ0) is 32.5. The fraction of sp³-hybridized carbons (Fsp3) is 0.382. The van der Waals surface area contributed by atoms with Crippen LogP contribution in [-0.4, -0.2) is 34.7 Å². The third-order valence-electron chi connectivity index (χ3n) is 8.02. The maximum Gasteiger partial charge on any atom is 0.450 e. The smallest absolute Gasteiger partial charge is 0.450 e. The minimum absolute atomic E-state index is 0.0151. The number of nitrogens with one attached hydrogen (secondary N) is 3. The molecule has 1 aliphatic heterocycles. The van der Waals surface area contributed by atoms with Crippen LogP contribution in [0, 0.1) is 19.8 Å². The molecule has 1 unspecified atom stereocenters. The number of amides is 2. The molecule has 45 heavy (non-hydrogen) atoms. The lowest BCUT2D eigenvalue weighted by Crippen LogP contribution is -2.34. The highest BCUT2D eigenvalue weighted by Crippen LogP contribution is 2.40. The Balaban J connectivity index is 1.43. The molecule has 238 valence electrons. The number of carbonyl (C=O) groups is 2. The van der Waals surface area contributed by atoms with Gasteiger partial charge in [-0.25, -0.2) is 9.48 Å². The molecule has 2 aromatic carbocycles. The van der Waals surface area contributed by atoms with Crippen LogP contribution in [0.3, 0.4) is 0 Å². The number of carbonyl (C=O) groups excluding carboxylic acids is 2. The summed E-state index contributed by atoms with van der Waals surface area (Å²) in [7, 11) is 0. The summed E-state index contributed by atoms with van der Waals surface area (Å²) in [6.07, 6.45) is -3.57. The molecule has 3 heterocycles. The number of rotatable bonds is 7. The number of aromatic nitrogens is 2. The number of nitrogens with zero attached hydrogens (tertiary/aromatic N) is 2. The quantitative estimate of drug-likeness (QED) is 0.182. The van der Waals surface area contributed by atoms with E-state index in [0.29, 0.717) is 43.0 Å². The first-order chi connectivity index (χ1) is 21.2. The minimum atomic E-state index is -4.81. The first-order valence-electron chi connectivity index (χ1n) is 15.0. The van der Waals surface area contributed by atoms with Crippen molar-refractivity contribution in [3.05, 3.63) is 94.6 Å². The van der Waals surface area contributed by atoms with Crippen LogP contribution in [-0.2, 0) is 11.6 Å². The molecule has 1 atom stereocenters. The van der Waals surface area contributed by atoms with E-state index in [-0.39, 0.29) is 17.1 Å². The van der Waals surface area contributed by atoms with Crippen molar-refractivity contribution in [2.24, 2.45) is 5.92 Å². The molecular formula is C34H38F3N5O3. The number of anilines is 2. The molecule has 0 spiro atoms. The van der Waals surface area contributed by atoms with Gasteiger partial charge in [0.05, 0.1) is 22.9 Å². The molecule has 0 saturated carbocycles. The molecular weight excluding hydrogens is 583 g/mol. The third-order valence-corrected chi connectivity index (χ3v) is 8.02. The summed E-state index contributed by atoms with van der Waals surface area (Å²) in [5.41, 5.74) is 2.84. The molecule has 0 radical (unpaired) electrons. The first-order valence-corrected chi connectivity index (χ1v) is 15.0. The van der Waals surface area contributed by atoms with Crippen molar-refractivity contribution in [2.75, 3.05) is 23.7 Å². The number of Topliss-reactive ketones (excluding diaryl/α,β-unsaturated/α-hetero) is 1. The molecule has 3 N–H and O–H groups in total. The van der Waals surface area contributed by atoms with E-state index in [1.807, 2.05) is 58.0 Å². The summed E-state index contributed by atoms with van der Waals surface area (Å²) in [5.74, 6) is -2.50. The summed E-state index contributed by atoms with van der Waals surface area (Å²) in [6.45, 7) is 10.8. The SMILES string of the molecule is Cc1ccc(-n2nc(C(C)(C)C)cc2NC(=O)Nc2cccc(C(C(=O)c3cc(C)oc3C(F)(F)F)C3CCNCC3)c2)cc1. The van der Waals surface area contributed by atoms with E-state index >= 15 is 0 Å². The Labute approximate surface area is 260 Å². The van der Waals surface area contributed by atoms with Gasteiger partial charge in [-0.15, -0.1) is 0 Å². The van der Waals surface area contributed by atoms with Gasteiger partial charge in [-0.1, -0.05) is 50.6 Å². The standard InChI is InChI=1S/C34H38F3N5O3/c1-20-9-11-25(12-10-20)42-28(19-27(41-42)33(3,4)5)40-32(44)39-24-8-6-7-23(18-24)29(22-13-15-38-16-14-22)30(43)26-17-21(2)45-31(26)34(35,36)37/h6-12,17-19,22,29,38H,13-16H2,1-5H3,(H2,39,40,44). The average molecular weight is 622 g/mol. The second-order valence-corrected chi connectivity index (χ2v) is 12.6. The normalized spacial score (nSPS) is 15.1. The van der Waals surface area contributed by atoms with Crippen molar-refractivity contribution in [1.82, 2.24) is 15.1 Å². The second-order valence-electron chi connectivity index (χ2n) is 12.6. The molecule has 5 rings (SSSR count). The molecule has 8 nitrogen and oxygen atoms in total. The number of piperidine rings is 1. The van der Waals surface area contributed by atoms with E-state index in [1.165, 1.54) is 6.92 Å². The maximum absolute atomic E-state index is 13.9. The van der Waals surface area contributed by atoms with Crippen molar-refractivity contribution >= 4 is 23.3 Å². The number of aryl methyl sites for hydroxylation is 2. The predicted octanol–water partition coefficient (Wildman–Crippen LogP) is 8.01. The molecule has 1 aliphatic rings. The number of benzene rings is 2. The molecule has 0 bridgehead atoms. The van der Waals surface area contributed by atoms with Crippen molar-refractivity contribution in [2.45, 2.75) is 65.0 Å². The van der Waals surface area contributed by atoms with Gasteiger partial charge in [0.15, 0.2) is 5.78 Å². The van der Waals surface area contributed by atoms with E-state index in [4.69, 9.17) is 9.52 Å². The Kier molecular flexibility index (Phi) is 8.93. The van der Waals surface area contributed by atoms with E-state index in [9.17, 15) is 22.8 Å². The fourth-order valence-electron chi connectivity index (χ4n) is 5.70. The fourth-order valence-corrected chi connectivity index (χ4v) is 5.70. The van der Waals surface area contributed by atoms with Gasteiger partial charge in [-0.05, 0) is 81.6 Å². The largest absolute Gasteiger partial charge is 0.456 e.